The van der Waals surface area contributed by atoms with Crippen molar-refractivity contribution in [2.24, 2.45) is 0 Å². The van der Waals surface area contributed by atoms with Crippen LogP contribution in [0.3, 0.4) is 0 Å². The number of hydrogen-bond acceptors (Lipinski definition) is 2. The number of carbonyl (C=O) groups is 1. The minimum Gasteiger partial charge on any atom is -0.392 e. The van der Waals surface area contributed by atoms with E-state index >= 15 is 0 Å². The van der Waals surface area contributed by atoms with Gasteiger partial charge < -0.3 is 20.7 Å². The van der Waals surface area contributed by atoms with Crippen LogP contribution in [0.1, 0.15) is 16.8 Å². The number of para-hydroxylation sites is 1. The van der Waals surface area contributed by atoms with Crippen LogP contribution >= 0.6 is 0 Å². The molecule has 5 nitrogen and oxygen atoms in total. The summed E-state index contributed by atoms with van der Waals surface area (Å²) in [5.74, 6) is 0. The van der Waals surface area contributed by atoms with Crippen LogP contribution in [0, 0.1) is 0 Å². The second-order valence-corrected chi connectivity index (χ2v) is 5.34. The van der Waals surface area contributed by atoms with E-state index in [2.05, 4.69) is 15.6 Å². The molecule has 0 spiro atoms. The first-order valence-corrected chi connectivity index (χ1v) is 7.52. The Balaban J connectivity index is 1.53. The molecule has 0 fully saturated rings. The molecule has 0 radical (unpaired) electrons. The van der Waals surface area contributed by atoms with E-state index in [-0.39, 0.29) is 12.6 Å². The minimum absolute atomic E-state index is 0.0332. The normalized spacial score (nSPS) is 10.7. The third-order valence-electron chi connectivity index (χ3n) is 3.75. The Hall–Kier alpha value is -2.79. The van der Waals surface area contributed by atoms with Crippen molar-refractivity contribution in [3.8, 4) is 0 Å². The van der Waals surface area contributed by atoms with Crippen molar-refractivity contribution in [3.05, 3.63) is 71.4 Å². The maximum absolute atomic E-state index is 11.9. The third kappa shape index (κ3) is 3.70. The number of aliphatic hydroxyl groups is 1. The molecule has 3 aromatic rings. The number of aromatic nitrogens is 1. The summed E-state index contributed by atoms with van der Waals surface area (Å²) in [6.07, 6.45) is 0. The first-order chi connectivity index (χ1) is 11.3. The lowest BCUT2D eigenvalue weighted by molar-refractivity contribution is 0.239. The Morgan fingerprint density at radius 1 is 0.957 bits per heavy atom. The third-order valence-corrected chi connectivity index (χ3v) is 3.75. The van der Waals surface area contributed by atoms with Crippen molar-refractivity contribution >= 4 is 16.9 Å². The molecule has 0 saturated carbocycles. The Morgan fingerprint density at radius 2 is 1.65 bits per heavy atom. The number of amides is 2. The number of aromatic amines is 1. The van der Waals surface area contributed by atoms with Gasteiger partial charge in [-0.25, -0.2) is 4.79 Å². The average molecular weight is 309 g/mol. The van der Waals surface area contributed by atoms with Gasteiger partial charge in [0.1, 0.15) is 0 Å². The number of H-pyrrole nitrogens is 1. The van der Waals surface area contributed by atoms with E-state index in [9.17, 15) is 9.90 Å². The summed E-state index contributed by atoms with van der Waals surface area (Å²) in [6.45, 7) is 0.784. The van der Waals surface area contributed by atoms with E-state index in [0.717, 1.165) is 27.7 Å². The summed E-state index contributed by atoms with van der Waals surface area (Å²) in [4.78, 5) is 15.2. The lowest BCUT2D eigenvalue weighted by atomic mass is 10.1. The van der Waals surface area contributed by atoms with Crippen LogP contribution < -0.4 is 10.6 Å². The van der Waals surface area contributed by atoms with Gasteiger partial charge in [0.15, 0.2) is 0 Å². The highest BCUT2D eigenvalue weighted by molar-refractivity contribution is 5.80. The topological polar surface area (TPSA) is 77.2 Å². The fourth-order valence-corrected chi connectivity index (χ4v) is 2.53. The molecule has 5 heteroatoms. The molecule has 0 saturated heterocycles. The van der Waals surface area contributed by atoms with Crippen LogP contribution in [0.4, 0.5) is 4.79 Å². The van der Waals surface area contributed by atoms with Gasteiger partial charge in [0.25, 0.3) is 0 Å². The van der Waals surface area contributed by atoms with Crippen LogP contribution in [0.25, 0.3) is 10.9 Å². The van der Waals surface area contributed by atoms with Crippen molar-refractivity contribution in [3.63, 3.8) is 0 Å². The molecule has 2 aromatic carbocycles. The molecule has 3 rings (SSSR count). The van der Waals surface area contributed by atoms with E-state index in [0.29, 0.717) is 13.1 Å². The van der Waals surface area contributed by atoms with Crippen molar-refractivity contribution in [1.29, 1.82) is 0 Å². The number of nitrogens with one attached hydrogen (secondary N) is 3. The van der Waals surface area contributed by atoms with Crippen LogP contribution in [-0.4, -0.2) is 16.1 Å². The lowest BCUT2D eigenvalue weighted by Gasteiger charge is -2.09. The number of carbonyl (C=O) groups excluding carboxylic acids is 1. The van der Waals surface area contributed by atoms with E-state index in [1.54, 1.807) is 0 Å². The quantitative estimate of drug-likeness (QED) is 0.585. The summed E-state index contributed by atoms with van der Waals surface area (Å²) in [5, 5.41) is 16.0. The van der Waals surface area contributed by atoms with E-state index in [4.69, 9.17) is 0 Å². The highest BCUT2D eigenvalue weighted by atomic mass is 16.3. The molecular weight excluding hydrogens is 290 g/mol. The molecule has 23 heavy (non-hydrogen) atoms. The minimum atomic E-state index is -0.239. The summed E-state index contributed by atoms with van der Waals surface area (Å²) in [5.41, 5.74) is 3.75. The molecule has 4 N–H and O–H groups in total. The highest BCUT2D eigenvalue weighted by Crippen LogP contribution is 2.14. The van der Waals surface area contributed by atoms with E-state index in [1.807, 2.05) is 54.6 Å². The molecule has 0 aliphatic rings. The van der Waals surface area contributed by atoms with Crippen LogP contribution in [0.5, 0.6) is 0 Å². The first-order valence-electron chi connectivity index (χ1n) is 7.52. The van der Waals surface area contributed by atoms with Crippen molar-refractivity contribution in [2.75, 3.05) is 0 Å². The Bertz CT molecular complexity index is 778. The molecule has 0 bridgehead atoms. The van der Waals surface area contributed by atoms with Gasteiger partial charge in [-0.3, -0.25) is 0 Å². The Morgan fingerprint density at radius 3 is 2.43 bits per heavy atom. The van der Waals surface area contributed by atoms with E-state index in [1.165, 1.54) is 0 Å². The van der Waals surface area contributed by atoms with Crippen LogP contribution in [-0.2, 0) is 19.7 Å². The Kier molecular flexibility index (Phi) is 4.59. The molecule has 1 heterocycles. The number of benzene rings is 2. The van der Waals surface area contributed by atoms with Crippen molar-refractivity contribution in [1.82, 2.24) is 15.6 Å². The summed E-state index contributed by atoms with van der Waals surface area (Å²) >= 11 is 0. The summed E-state index contributed by atoms with van der Waals surface area (Å²) < 4.78 is 0. The maximum Gasteiger partial charge on any atom is 0.315 e. The van der Waals surface area contributed by atoms with Crippen molar-refractivity contribution in [2.45, 2.75) is 19.7 Å². The standard InChI is InChI=1S/C18H19N3O2/c22-12-15-7-2-1-6-14(15)10-19-18(23)20-11-16-9-13-5-3-4-8-17(13)21-16/h1-9,21-22H,10-12H2,(H2,19,20,23). The number of fused-ring (bicyclic) bond motifs is 1. The first kappa shape index (κ1) is 15.1. The maximum atomic E-state index is 11.9. The van der Waals surface area contributed by atoms with Gasteiger partial charge in [-0.2, -0.15) is 0 Å². The zero-order valence-corrected chi connectivity index (χ0v) is 12.7. The van der Waals surface area contributed by atoms with E-state index < -0.39 is 0 Å². The number of urea groups is 1. The fourth-order valence-electron chi connectivity index (χ4n) is 2.53. The van der Waals surface area contributed by atoms with Crippen LogP contribution in [0.2, 0.25) is 0 Å². The SMILES string of the molecule is O=C(NCc1cc2ccccc2[nH]1)NCc1ccccc1CO. The molecular formula is C18H19N3O2. The predicted molar refractivity (Wildman–Crippen MR) is 89.7 cm³/mol. The van der Waals surface area contributed by atoms with Gasteiger partial charge >= 0.3 is 6.03 Å². The Labute approximate surface area is 134 Å². The number of hydrogen-bond donors (Lipinski definition) is 4. The molecule has 0 aliphatic carbocycles. The molecule has 2 amide bonds. The molecule has 0 unspecified atom stereocenters. The lowest BCUT2D eigenvalue weighted by Crippen LogP contribution is -2.34. The average Bonchev–Trinajstić information content (AvgIpc) is 3.01. The van der Waals surface area contributed by atoms with Gasteiger partial charge in [-0.05, 0) is 28.6 Å². The monoisotopic (exact) mass is 309 g/mol. The number of aliphatic hydroxyl groups excluding tert-OH is 1. The molecule has 0 aliphatic heterocycles. The zero-order valence-electron chi connectivity index (χ0n) is 12.7. The smallest absolute Gasteiger partial charge is 0.315 e. The molecule has 0 atom stereocenters. The zero-order chi connectivity index (χ0) is 16.1. The second-order valence-electron chi connectivity index (χ2n) is 5.34. The summed E-state index contributed by atoms with van der Waals surface area (Å²) in [7, 11) is 0. The van der Waals surface area contributed by atoms with Gasteiger partial charge in [0.05, 0.1) is 13.2 Å². The second kappa shape index (κ2) is 6.98. The number of rotatable bonds is 5. The van der Waals surface area contributed by atoms with Gasteiger partial charge in [-0.15, -0.1) is 0 Å². The summed E-state index contributed by atoms with van der Waals surface area (Å²) in [6, 6.07) is 17.3. The van der Waals surface area contributed by atoms with Gasteiger partial charge in [0.2, 0.25) is 0 Å². The van der Waals surface area contributed by atoms with Gasteiger partial charge in [0, 0.05) is 17.8 Å². The van der Waals surface area contributed by atoms with Crippen LogP contribution in [0.15, 0.2) is 54.6 Å². The van der Waals surface area contributed by atoms with Gasteiger partial charge in [-0.1, -0.05) is 42.5 Å². The molecule has 118 valence electrons. The van der Waals surface area contributed by atoms with Crippen molar-refractivity contribution < 1.29 is 9.90 Å². The fraction of sp³-hybridized carbons (Fsp3) is 0.167. The highest BCUT2D eigenvalue weighted by Gasteiger charge is 2.05. The predicted octanol–water partition coefficient (Wildman–Crippen LogP) is 2.66. The largest absolute Gasteiger partial charge is 0.392 e. The molecule has 1 aromatic heterocycles.